The van der Waals surface area contributed by atoms with Crippen LogP contribution >= 0.6 is 11.3 Å². The first-order valence-electron chi connectivity index (χ1n) is 7.05. The molecule has 1 fully saturated rings. The molecule has 2 rings (SSSR count). The van der Waals surface area contributed by atoms with Gasteiger partial charge in [-0.2, -0.15) is 0 Å². The van der Waals surface area contributed by atoms with Gasteiger partial charge < -0.3 is 15.0 Å². The minimum Gasteiger partial charge on any atom is -0.444 e. The molecule has 0 radical (unpaired) electrons. The van der Waals surface area contributed by atoms with E-state index in [1.807, 2.05) is 32.1 Å². The molecule has 1 aromatic heterocycles. The van der Waals surface area contributed by atoms with Crippen molar-refractivity contribution in [3.05, 3.63) is 21.9 Å². The number of nitrogens with one attached hydrogen (secondary N) is 1. The molecular formula is C15H24N2O2S. The van der Waals surface area contributed by atoms with Gasteiger partial charge in [-0.25, -0.2) is 4.79 Å². The Balaban J connectivity index is 1.75. The van der Waals surface area contributed by atoms with Crippen LogP contribution in [0.2, 0.25) is 0 Å². The topological polar surface area (TPSA) is 41.6 Å². The van der Waals surface area contributed by atoms with E-state index in [1.54, 1.807) is 4.90 Å². The molecule has 1 saturated heterocycles. The molecule has 1 aliphatic rings. The zero-order chi connectivity index (χ0) is 14.9. The summed E-state index contributed by atoms with van der Waals surface area (Å²) in [6.45, 7) is 11.4. The first kappa shape index (κ1) is 15.3. The fourth-order valence-corrected chi connectivity index (χ4v) is 3.07. The molecule has 2 heterocycles. The summed E-state index contributed by atoms with van der Waals surface area (Å²) in [4.78, 5) is 16.2. The Kier molecular flexibility index (Phi) is 4.39. The van der Waals surface area contributed by atoms with Crippen LogP contribution in [0.3, 0.4) is 0 Å². The fraction of sp³-hybridized carbons (Fsp3) is 0.667. The van der Waals surface area contributed by atoms with E-state index >= 15 is 0 Å². The summed E-state index contributed by atoms with van der Waals surface area (Å²) in [6, 6.07) is 5.01. The number of carbonyl (C=O) groups is 1. The number of likely N-dealkylation sites (tertiary alicyclic amines) is 1. The van der Waals surface area contributed by atoms with Crippen LogP contribution in [0.15, 0.2) is 12.1 Å². The first-order chi connectivity index (χ1) is 9.24. The van der Waals surface area contributed by atoms with Crippen LogP contribution in [-0.4, -0.2) is 35.7 Å². The van der Waals surface area contributed by atoms with Crippen molar-refractivity contribution < 1.29 is 9.53 Å². The van der Waals surface area contributed by atoms with Gasteiger partial charge in [0, 0.05) is 34.9 Å². The lowest BCUT2D eigenvalue weighted by atomic mass is 10.1. The largest absolute Gasteiger partial charge is 0.444 e. The smallest absolute Gasteiger partial charge is 0.410 e. The molecule has 1 N–H and O–H groups in total. The molecule has 1 aromatic rings. The number of hydrogen-bond acceptors (Lipinski definition) is 4. The number of hydrogen-bond donors (Lipinski definition) is 1. The van der Waals surface area contributed by atoms with Crippen LogP contribution in [0, 0.1) is 6.92 Å². The van der Waals surface area contributed by atoms with Gasteiger partial charge >= 0.3 is 6.09 Å². The van der Waals surface area contributed by atoms with Gasteiger partial charge in [-0.3, -0.25) is 0 Å². The molecular weight excluding hydrogens is 272 g/mol. The molecule has 112 valence electrons. The number of aryl methyl sites for hydroxylation is 1. The van der Waals surface area contributed by atoms with E-state index in [4.69, 9.17) is 4.74 Å². The zero-order valence-corrected chi connectivity index (χ0v) is 13.7. The van der Waals surface area contributed by atoms with Gasteiger partial charge in [-0.05, 0) is 46.8 Å². The predicted molar refractivity (Wildman–Crippen MR) is 82.2 cm³/mol. The van der Waals surface area contributed by atoms with E-state index in [0.29, 0.717) is 12.1 Å². The second kappa shape index (κ2) is 5.74. The van der Waals surface area contributed by atoms with Crippen molar-refractivity contribution in [1.29, 1.82) is 0 Å². The molecule has 0 bridgehead atoms. The van der Waals surface area contributed by atoms with Gasteiger partial charge in [0.1, 0.15) is 5.60 Å². The van der Waals surface area contributed by atoms with Gasteiger partial charge in [-0.1, -0.05) is 0 Å². The van der Waals surface area contributed by atoms with E-state index in [2.05, 4.69) is 31.3 Å². The van der Waals surface area contributed by atoms with Crippen molar-refractivity contribution in [3.8, 4) is 0 Å². The summed E-state index contributed by atoms with van der Waals surface area (Å²) in [5.74, 6) is 0. The SMILES string of the molecule is Cc1ccc(C(C)NC2CN(C(=O)OC(C)(C)C)C2)s1. The lowest BCUT2D eigenvalue weighted by Crippen LogP contribution is -2.60. The Morgan fingerprint density at radius 3 is 2.60 bits per heavy atom. The average Bonchev–Trinajstić information content (AvgIpc) is 2.66. The molecule has 0 saturated carbocycles. The van der Waals surface area contributed by atoms with Crippen LogP contribution in [0.5, 0.6) is 0 Å². The Morgan fingerprint density at radius 2 is 2.10 bits per heavy atom. The van der Waals surface area contributed by atoms with Gasteiger partial charge in [0.2, 0.25) is 0 Å². The maximum atomic E-state index is 11.8. The van der Waals surface area contributed by atoms with E-state index in [-0.39, 0.29) is 6.09 Å². The van der Waals surface area contributed by atoms with Crippen LogP contribution in [0.4, 0.5) is 4.79 Å². The lowest BCUT2D eigenvalue weighted by molar-refractivity contribution is 0.00437. The minimum atomic E-state index is -0.419. The van der Waals surface area contributed by atoms with Crippen molar-refractivity contribution in [2.24, 2.45) is 0 Å². The van der Waals surface area contributed by atoms with Crippen molar-refractivity contribution in [2.45, 2.75) is 52.3 Å². The number of thiophene rings is 1. The normalized spacial score (nSPS) is 17.8. The maximum Gasteiger partial charge on any atom is 0.410 e. The van der Waals surface area contributed by atoms with Crippen LogP contribution in [0.25, 0.3) is 0 Å². The first-order valence-corrected chi connectivity index (χ1v) is 7.86. The van der Waals surface area contributed by atoms with Gasteiger partial charge in [0.25, 0.3) is 0 Å². The summed E-state index contributed by atoms with van der Waals surface area (Å²) in [5.41, 5.74) is -0.419. The highest BCUT2D eigenvalue weighted by Crippen LogP contribution is 2.24. The Morgan fingerprint density at radius 1 is 1.45 bits per heavy atom. The van der Waals surface area contributed by atoms with Crippen molar-refractivity contribution >= 4 is 17.4 Å². The highest BCUT2D eigenvalue weighted by atomic mass is 32.1. The third-order valence-corrected chi connectivity index (χ3v) is 4.39. The quantitative estimate of drug-likeness (QED) is 0.930. The van der Waals surface area contributed by atoms with Crippen molar-refractivity contribution in [2.75, 3.05) is 13.1 Å². The van der Waals surface area contributed by atoms with Crippen molar-refractivity contribution in [1.82, 2.24) is 10.2 Å². The predicted octanol–water partition coefficient (Wildman–Crippen LogP) is 3.33. The third kappa shape index (κ3) is 3.96. The van der Waals surface area contributed by atoms with E-state index in [0.717, 1.165) is 13.1 Å². The molecule has 0 spiro atoms. The second-order valence-corrected chi connectivity index (χ2v) is 7.74. The van der Waals surface area contributed by atoms with Gasteiger partial charge in [0.15, 0.2) is 0 Å². The molecule has 0 aromatic carbocycles. The summed E-state index contributed by atoms with van der Waals surface area (Å²) >= 11 is 1.82. The monoisotopic (exact) mass is 296 g/mol. The van der Waals surface area contributed by atoms with E-state index < -0.39 is 5.60 Å². The Bertz CT molecular complexity index is 472. The molecule has 20 heavy (non-hydrogen) atoms. The number of carbonyl (C=O) groups excluding carboxylic acids is 1. The summed E-state index contributed by atoms with van der Waals surface area (Å²) in [6.07, 6.45) is -0.213. The minimum absolute atomic E-state index is 0.213. The molecule has 1 amide bonds. The number of amides is 1. The maximum absolute atomic E-state index is 11.8. The van der Waals surface area contributed by atoms with Crippen LogP contribution < -0.4 is 5.32 Å². The number of rotatable bonds is 3. The summed E-state index contributed by atoms with van der Waals surface area (Å²) in [7, 11) is 0. The fourth-order valence-electron chi connectivity index (χ4n) is 2.18. The molecule has 5 heteroatoms. The standard InChI is InChI=1S/C15H24N2O2S/c1-10-6-7-13(20-10)11(2)16-12-8-17(9-12)14(18)19-15(3,4)5/h6-7,11-12,16H,8-9H2,1-5H3. The molecule has 1 unspecified atom stereocenters. The van der Waals surface area contributed by atoms with Crippen LogP contribution in [0.1, 0.15) is 43.5 Å². The molecule has 1 aliphatic heterocycles. The zero-order valence-electron chi connectivity index (χ0n) is 12.9. The highest BCUT2D eigenvalue weighted by molar-refractivity contribution is 7.12. The Hall–Kier alpha value is -1.07. The summed E-state index contributed by atoms with van der Waals surface area (Å²) in [5, 5.41) is 3.55. The average molecular weight is 296 g/mol. The Labute approximate surface area is 125 Å². The number of ether oxygens (including phenoxy) is 1. The highest BCUT2D eigenvalue weighted by Gasteiger charge is 2.34. The van der Waals surface area contributed by atoms with Gasteiger partial charge in [0.05, 0.1) is 0 Å². The number of nitrogens with zero attached hydrogens (tertiary/aromatic N) is 1. The summed E-state index contributed by atoms with van der Waals surface area (Å²) < 4.78 is 5.34. The molecule has 1 atom stereocenters. The lowest BCUT2D eigenvalue weighted by Gasteiger charge is -2.41. The third-order valence-electron chi connectivity index (χ3n) is 3.21. The van der Waals surface area contributed by atoms with E-state index in [9.17, 15) is 4.79 Å². The molecule has 4 nitrogen and oxygen atoms in total. The van der Waals surface area contributed by atoms with Crippen LogP contribution in [-0.2, 0) is 4.74 Å². The molecule has 0 aliphatic carbocycles. The second-order valence-electron chi connectivity index (χ2n) is 6.42. The van der Waals surface area contributed by atoms with Crippen molar-refractivity contribution in [3.63, 3.8) is 0 Å². The van der Waals surface area contributed by atoms with Gasteiger partial charge in [-0.15, -0.1) is 11.3 Å². The van der Waals surface area contributed by atoms with E-state index in [1.165, 1.54) is 9.75 Å².